The summed E-state index contributed by atoms with van der Waals surface area (Å²) in [5, 5.41) is 1.18. The predicted molar refractivity (Wildman–Crippen MR) is 60.4 cm³/mol. The first kappa shape index (κ1) is 11.2. The Bertz CT molecular complexity index is 49.2. The Kier molecular flexibility index (Phi) is 11.4. The van der Waals surface area contributed by atoms with Gasteiger partial charge in [-0.05, 0) is 17.3 Å². The topological polar surface area (TPSA) is 0 Å². The van der Waals surface area contributed by atoms with Crippen molar-refractivity contribution in [1.82, 2.24) is 0 Å². The lowest BCUT2D eigenvalue weighted by Crippen LogP contribution is -1.80. The first-order valence-corrected chi connectivity index (χ1v) is 6.68. The van der Waals surface area contributed by atoms with Gasteiger partial charge in [-0.2, -0.15) is 0 Å². The largest absolute Gasteiger partial charge is 0.0928 e. The molecule has 0 atom stereocenters. The normalized spacial score (nSPS) is 10.2. The first-order chi connectivity index (χ1) is 4.91. The van der Waals surface area contributed by atoms with Crippen molar-refractivity contribution in [3.63, 3.8) is 0 Å². The van der Waals surface area contributed by atoms with Gasteiger partial charge in [-0.3, -0.25) is 0 Å². The smallest absolute Gasteiger partial charge is 0.00313 e. The van der Waals surface area contributed by atoms with E-state index in [9.17, 15) is 0 Å². The molecule has 0 rings (SSSR count). The number of rotatable bonds is 7. The van der Waals surface area contributed by atoms with E-state index in [1.165, 1.54) is 48.3 Å². The number of hydrogen-bond donors (Lipinski definition) is 0. The highest BCUT2D eigenvalue weighted by Gasteiger charge is 1.88. The molecule has 0 saturated heterocycles. The number of alkyl halides is 2. The van der Waals surface area contributed by atoms with Crippen molar-refractivity contribution in [3.05, 3.63) is 0 Å². The maximum Gasteiger partial charge on any atom is 0.00313 e. The van der Waals surface area contributed by atoms with Crippen LogP contribution < -0.4 is 0 Å². The van der Waals surface area contributed by atoms with Crippen LogP contribution in [0, 0.1) is 0 Å². The molecule has 0 heterocycles. The van der Waals surface area contributed by atoms with E-state index in [2.05, 4.69) is 38.5 Å². The minimum absolute atomic E-state index is 1.18. The fraction of sp³-hybridized carbons (Fsp3) is 1.00. The Morgan fingerprint density at radius 3 is 1.80 bits per heavy atom. The number of hydrogen-bond acceptors (Lipinski definition) is 0. The molecule has 0 saturated carbocycles. The van der Waals surface area contributed by atoms with Crippen LogP contribution in [-0.4, -0.2) is 9.76 Å². The van der Waals surface area contributed by atoms with Crippen molar-refractivity contribution in [2.45, 2.75) is 38.5 Å². The summed E-state index contributed by atoms with van der Waals surface area (Å²) in [5.74, 6) is 0. The molecular formula is C8H16BrI. The van der Waals surface area contributed by atoms with Gasteiger partial charge in [0.25, 0.3) is 0 Å². The third-order valence-electron chi connectivity index (χ3n) is 1.52. The molecule has 62 valence electrons. The second-order valence-corrected chi connectivity index (χ2v) is 4.37. The van der Waals surface area contributed by atoms with Crippen molar-refractivity contribution >= 4 is 38.5 Å². The summed E-state index contributed by atoms with van der Waals surface area (Å²) in [7, 11) is 0. The van der Waals surface area contributed by atoms with E-state index in [4.69, 9.17) is 0 Å². The minimum atomic E-state index is 1.18. The van der Waals surface area contributed by atoms with Crippen LogP contribution in [0.4, 0.5) is 0 Å². The van der Waals surface area contributed by atoms with Gasteiger partial charge in [-0.1, -0.05) is 64.2 Å². The van der Waals surface area contributed by atoms with Crippen molar-refractivity contribution in [2.24, 2.45) is 0 Å². The van der Waals surface area contributed by atoms with E-state index < -0.39 is 0 Å². The zero-order chi connectivity index (χ0) is 7.66. The maximum absolute atomic E-state index is 3.43. The van der Waals surface area contributed by atoms with Crippen LogP contribution in [0.15, 0.2) is 0 Å². The van der Waals surface area contributed by atoms with Crippen LogP contribution >= 0.6 is 38.5 Å². The standard InChI is InChI=1S/C8H16BrI/c9-7-5-3-1-2-4-6-8-10/h1-8H2. The molecule has 0 nitrogen and oxygen atoms in total. The first-order valence-electron chi connectivity index (χ1n) is 4.03. The zero-order valence-electron chi connectivity index (χ0n) is 6.41. The van der Waals surface area contributed by atoms with Gasteiger partial charge in [0.15, 0.2) is 0 Å². The van der Waals surface area contributed by atoms with Crippen LogP contribution in [0.2, 0.25) is 0 Å². The third kappa shape index (κ3) is 9.21. The molecule has 0 unspecified atom stereocenters. The molecule has 0 aliphatic heterocycles. The molecular weight excluding hydrogens is 303 g/mol. The predicted octanol–water partition coefficient (Wildman–Crippen LogP) is 4.16. The fourth-order valence-electron chi connectivity index (χ4n) is 0.896. The molecule has 0 aliphatic carbocycles. The van der Waals surface area contributed by atoms with Crippen molar-refractivity contribution in [2.75, 3.05) is 9.76 Å². The molecule has 0 radical (unpaired) electrons. The van der Waals surface area contributed by atoms with Gasteiger partial charge in [0.2, 0.25) is 0 Å². The monoisotopic (exact) mass is 318 g/mol. The zero-order valence-corrected chi connectivity index (χ0v) is 10.2. The lowest BCUT2D eigenvalue weighted by Gasteiger charge is -1.96. The van der Waals surface area contributed by atoms with Gasteiger partial charge in [-0.25, -0.2) is 0 Å². The maximum atomic E-state index is 3.43. The van der Waals surface area contributed by atoms with E-state index in [1.54, 1.807) is 0 Å². The molecule has 10 heavy (non-hydrogen) atoms. The molecule has 0 aliphatic rings. The van der Waals surface area contributed by atoms with E-state index in [0.29, 0.717) is 0 Å². The Labute approximate surface area is 86.4 Å². The average molecular weight is 319 g/mol. The SMILES string of the molecule is BrCCCCCCCCI. The summed E-state index contributed by atoms with van der Waals surface area (Å²) in [6, 6.07) is 0. The van der Waals surface area contributed by atoms with Crippen molar-refractivity contribution < 1.29 is 0 Å². The van der Waals surface area contributed by atoms with E-state index in [1.807, 2.05) is 0 Å². The van der Waals surface area contributed by atoms with E-state index in [0.717, 1.165) is 0 Å². The highest BCUT2D eigenvalue weighted by molar-refractivity contribution is 14.1. The van der Waals surface area contributed by atoms with Crippen LogP contribution in [0.1, 0.15) is 38.5 Å². The summed E-state index contributed by atoms with van der Waals surface area (Å²) in [5.41, 5.74) is 0. The lowest BCUT2D eigenvalue weighted by atomic mass is 10.1. The van der Waals surface area contributed by atoms with Gasteiger partial charge in [-0.15, -0.1) is 0 Å². The number of unbranched alkanes of at least 4 members (excludes halogenated alkanes) is 5. The fourth-order valence-corrected chi connectivity index (χ4v) is 1.83. The van der Waals surface area contributed by atoms with Crippen LogP contribution in [0.25, 0.3) is 0 Å². The summed E-state index contributed by atoms with van der Waals surface area (Å²) in [6.07, 6.45) is 8.48. The molecule has 2 heteroatoms. The molecule has 0 spiro atoms. The second-order valence-electron chi connectivity index (χ2n) is 2.50. The van der Waals surface area contributed by atoms with Gasteiger partial charge in [0.05, 0.1) is 0 Å². The molecule has 0 aromatic carbocycles. The number of halogens is 2. The van der Waals surface area contributed by atoms with Crippen molar-refractivity contribution in [1.29, 1.82) is 0 Å². The molecule has 0 N–H and O–H groups in total. The van der Waals surface area contributed by atoms with Crippen LogP contribution in [0.5, 0.6) is 0 Å². The minimum Gasteiger partial charge on any atom is -0.0928 e. The van der Waals surface area contributed by atoms with E-state index in [-0.39, 0.29) is 0 Å². The van der Waals surface area contributed by atoms with E-state index >= 15 is 0 Å². The van der Waals surface area contributed by atoms with Gasteiger partial charge < -0.3 is 0 Å². The van der Waals surface area contributed by atoms with Gasteiger partial charge >= 0.3 is 0 Å². The summed E-state index contributed by atoms with van der Waals surface area (Å²) >= 11 is 5.88. The molecule has 0 bridgehead atoms. The Morgan fingerprint density at radius 2 is 1.30 bits per heavy atom. The highest BCUT2D eigenvalue weighted by atomic mass is 127. The Balaban J connectivity index is 2.65. The van der Waals surface area contributed by atoms with Crippen LogP contribution in [-0.2, 0) is 0 Å². The molecule has 0 aromatic heterocycles. The molecule has 0 amide bonds. The van der Waals surface area contributed by atoms with Crippen molar-refractivity contribution in [3.8, 4) is 0 Å². The second kappa shape index (κ2) is 10.2. The molecule has 0 aromatic rings. The average Bonchev–Trinajstić information content (AvgIpc) is 1.97. The van der Waals surface area contributed by atoms with Gasteiger partial charge in [0.1, 0.15) is 0 Å². The molecule has 0 fully saturated rings. The quantitative estimate of drug-likeness (QED) is 0.376. The highest BCUT2D eigenvalue weighted by Crippen LogP contribution is 2.07. The summed E-state index contributed by atoms with van der Waals surface area (Å²) in [4.78, 5) is 0. The third-order valence-corrected chi connectivity index (χ3v) is 2.84. The summed E-state index contributed by atoms with van der Waals surface area (Å²) < 4.78 is 1.33. The Hall–Kier alpha value is 1.21. The summed E-state index contributed by atoms with van der Waals surface area (Å²) in [6.45, 7) is 0. The van der Waals surface area contributed by atoms with Crippen LogP contribution in [0.3, 0.4) is 0 Å². The Morgan fingerprint density at radius 1 is 0.800 bits per heavy atom. The lowest BCUT2D eigenvalue weighted by molar-refractivity contribution is 0.632. The van der Waals surface area contributed by atoms with Gasteiger partial charge in [0, 0.05) is 5.33 Å².